The third-order valence-electron chi connectivity index (χ3n) is 6.43. The van der Waals surface area contributed by atoms with E-state index in [2.05, 4.69) is 19.4 Å². The molecule has 0 saturated heterocycles. The zero-order valence-electron chi connectivity index (χ0n) is 20.1. The fourth-order valence-corrected chi connectivity index (χ4v) is 4.67. The van der Waals surface area contributed by atoms with Gasteiger partial charge in [0, 0.05) is 17.3 Å². The number of hydrogen-bond acceptors (Lipinski definition) is 6. The van der Waals surface area contributed by atoms with E-state index in [4.69, 9.17) is 26.5 Å². The van der Waals surface area contributed by atoms with Crippen molar-refractivity contribution in [2.75, 3.05) is 5.73 Å². The Labute approximate surface area is 213 Å². The van der Waals surface area contributed by atoms with Crippen LogP contribution in [0, 0.1) is 6.57 Å². The van der Waals surface area contributed by atoms with Crippen molar-refractivity contribution in [2.45, 2.75) is 26.2 Å². The van der Waals surface area contributed by atoms with Gasteiger partial charge in [0.1, 0.15) is 41.2 Å². The van der Waals surface area contributed by atoms with Crippen LogP contribution in [0.1, 0.15) is 29.8 Å². The Kier molecular flexibility index (Phi) is 5.68. The van der Waals surface area contributed by atoms with Gasteiger partial charge in [-0.2, -0.15) is 0 Å². The highest BCUT2D eigenvalue weighted by atomic mass is 16.5. The summed E-state index contributed by atoms with van der Waals surface area (Å²) in [6.07, 6.45) is 1.44. The lowest BCUT2D eigenvalue weighted by Crippen LogP contribution is -2.03. The Balaban J connectivity index is 1.23. The van der Waals surface area contributed by atoms with E-state index in [9.17, 15) is 0 Å². The van der Waals surface area contributed by atoms with Gasteiger partial charge in [0.25, 0.3) is 0 Å². The maximum atomic E-state index is 7.31. The van der Waals surface area contributed by atoms with Gasteiger partial charge in [0.15, 0.2) is 11.5 Å². The van der Waals surface area contributed by atoms with Crippen LogP contribution in [0.3, 0.4) is 0 Å². The Bertz CT molecular complexity index is 1650. The van der Waals surface area contributed by atoms with Crippen LogP contribution in [-0.2, 0) is 18.0 Å². The van der Waals surface area contributed by atoms with Gasteiger partial charge in [-0.3, -0.25) is 0 Å². The summed E-state index contributed by atoms with van der Waals surface area (Å²) in [6.45, 7) is 10.1. The van der Waals surface area contributed by atoms with E-state index in [1.807, 2.05) is 73.7 Å². The number of nitrogens with two attached hydrogens (primary N) is 1. The zero-order chi connectivity index (χ0) is 25.4. The molecule has 2 aromatic heterocycles. The topological polar surface area (TPSA) is 88.8 Å². The number of benzene rings is 3. The average molecular weight is 490 g/mol. The molecular formula is C29H23N5O3. The van der Waals surface area contributed by atoms with Crippen molar-refractivity contribution in [3.05, 3.63) is 107 Å². The van der Waals surface area contributed by atoms with Gasteiger partial charge in [-0.15, -0.1) is 0 Å². The van der Waals surface area contributed by atoms with Crippen molar-refractivity contribution in [3.8, 4) is 22.9 Å². The molecule has 0 amide bonds. The van der Waals surface area contributed by atoms with Gasteiger partial charge in [0.05, 0.1) is 25.0 Å². The quantitative estimate of drug-likeness (QED) is 0.273. The molecule has 0 spiro atoms. The van der Waals surface area contributed by atoms with Gasteiger partial charge in [-0.05, 0) is 48.9 Å². The number of anilines is 1. The second kappa shape index (κ2) is 9.30. The molecule has 3 heterocycles. The number of ether oxygens (including phenoxy) is 3. The minimum absolute atomic E-state index is 0.0556. The van der Waals surface area contributed by atoms with Crippen LogP contribution in [0.25, 0.3) is 21.6 Å². The minimum atomic E-state index is -0.0556. The fourth-order valence-electron chi connectivity index (χ4n) is 4.67. The summed E-state index contributed by atoms with van der Waals surface area (Å²) in [7, 11) is 0. The molecular weight excluding hydrogens is 466 g/mol. The highest BCUT2D eigenvalue weighted by molar-refractivity contribution is 5.91. The molecule has 0 radical (unpaired) electrons. The number of aromatic nitrogens is 3. The second-order valence-corrected chi connectivity index (χ2v) is 8.71. The lowest BCUT2D eigenvalue weighted by molar-refractivity contribution is 0.0783. The first kappa shape index (κ1) is 22.6. The predicted molar refractivity (Wildman–Crippen MR) is 140 cm³/mol. The largest absolute Gasteiger partial charge is 0.490 e. The Morgan fingerprint density at radius 2 is 1.84 bits per heavy atom. The van der Waals surface area contributed by atoms with Gasteiger partial charge in [-0.1, -0.05) is 30.3 Å². The summed E-state index contributed by atoms with van der Waals surface area (Å²) in [5.41, 5.74) is 12.3. The van der Waals surface area contributed by atoms with E-state index in [1.165, 1.54) is 6.33 Å². The van der Waals surface area contributed by atoms with Crippen LogP contribution in [0.15, 0.2) is 79.1 Å². The summed E-state index contributed by atoms with van der Waals surface area (Å²) in [4.78, 5) is 12.3. The molecule has 1 aliphatic rings. The summed E-state index contributed by atoms with van der Waals surface area (Å²) in [5, 5.41) is 0. The van der Waals surface area contributed by atoms with Crippen LogP contribution < -0.4 is 15.2 Å². The van der Waals surface area contributed by atoms with Crippen LogP contribution in [0.2, 0.25) is 0 Å². The van der Waals surface area contributed by atoms with Crippen molar-refractivity contribution in [2.24, 2.45) is 0 Å². The maximum Gasteiger partial charge on any atom is 0.193 e. The molecule has 5 aromatic rings. The van der Waals surface area contributed by atoms with Crippen LogP contribution >= 0.6 is 0 Å². The molecule has 0 saturated carbocycles. The smallest absolute Gasteiger partial charge is 0.193 e. The van der Waals surface area contributed by atoms with E-state index < -0.39 is 0 Å². The highest BCUT2D eigenvalue weighted by Crippen LogP contribution is 2.41. The number of nitrogens with zero attached hydrogens (tertiary/aromatic N) is 4. The molecule has 2 N–H and O–H groups in total. The molecule has 3 aromatic carbocycles. The number of rotatable bonds is 6. The number of fused-ring (bicyclic) bond motifs is 3. The van der Waals surface area contributed by atoms with Crippen molar-refractivity contribution < 1.29 is 14.2 Å². The third kappa shape index (κ3) is 4.11. The molecule has 1 atom stereocenters. The van der Waals surface area contributed by atoms with Crippen molar-refractivity contribution in [1.29, 1.82) is 0 Å². The van der Waals surface area contributed by atoms with E-state index in [1.54, 1.807) is 6.07 Å². The lowest BCUT2D eigenvalue weighted by Gasteiger charge is -2.12. The SMILES string of the molecule is [C-]#[N+]c1ccccc1COc1cccc(Oc2ccc(-n3c4c(c5ncnc(N)c53)C(C)OC4)cc2)c1. The van der Waals surface area contributed by atoms with Crippen LogP contribution in [0.4, 0.5) is 11.5 Å². The molecule has 0 aliphatic carbocycles. The van der Waals surface area contributed by atoms with Crippen LogP contribution in [0.5, 0.6) is 17.2 Å². The molecule has 0 bridgehead atoms. The number of para-hydroxylation sites is 1. The summed E-state index contributed by atoms with van der Waals surface area (Å²) in [6, 6.07) is 22.6. The van der Waals surface area contributed by atoms with Crippen molar-refractivity contribution in [3.63, 3.8) is 0 Å². The molecule has 37 heavy (non-hydrogen) atoms. The first-order chi connectivity index (χ1) is 18.1. The molecule has 1 aliphatic heterocycles. The Morgan fingerprint density at radius 3 is 2.68 bits per heavy atom. The van der Waals surface area contributed by atoms with Crippen LogP contribution in [-0.4, -0.2) is 14.5 Å². The maximum absolute atomic E-state index is 7.31. The zero-order valence-corrected chi connectivity index (χ0v) is 20.1. The highest BCUT2D eigenvalue weighted by Gasteiger charge is 2.30. The van der Waals surface area contributed by atoms with Gasteiger partial charge < -0.3 is 24.5 Å². The molecule has 6 rings (SSSR count). The van der Waals surface area contributed by atoms with E-state index in [0.717, 1.165) is 33.5 Å². The molecule has 8 nitrogen and oxygen atoms in total. The van der Waals surface area contributed by atoms with E-state index >= 15 is 0 Å². The normalized spacial score (nSPS) is 14.3. The third-order valence-corrected chi connectivity index (χ3v) is 6.43. The first-order valence-electron chi connectivity index (χ1n) is 11.8. The molecule has 0 fully saturated rings. The Hall–Kier alpha value is -4.87. The van der Waals surface area contributed by atoms with Gasteiger partial charge in [0.2, 0.25) is 0 Å². The van der Waals surface area contributed by atoms with Gasteiger partial charge in [-0.25, -0.2) is 14.8 Å². The average Bonchev–Trinajstić information content (AvgIpc) is 3.47. The molecule has 182 valence electrons. The minimum Gasteiger partial charge on any atom is -0.490 e. The fraction of sp³-hybridized carbons (Fsp3) is 0.138. The second-order valence-electron chi connectivity index (χ2n) is 8.71. The van der Waals surface area contributed by atoms with Crippen molar-refractivity contribution in [1.82, 2.24) is 14.5 Å². The number of nitrogen functional groups attached to an aromatic ring is 1. The monoisotopic (exact) mass is 489 g/mol. The summed E-state index contributed by atoms with van der Waals surface area (Å²) < 4.78 is 20.0. The van der Waals surface area contributed by atoms with E-state index in [0.29, 0.717) is 42.0 Å². The molecule has 8 heteroatoms. The predicted octanol–water partition coefficient (Wildman–Crippen LogP) is 6.52. The molecule has 1 unspecified atom stereocenters. The van der Waals surface area contributed by atoms with Crippen molar-refractivity contribution >= 4 is 22.5 Å². The Morgan fingerprint density at radius 1 is 1.03 bits per heavy atom. The van der Waals surface area contributed by atoms with Gasteiger partial charge >= 0.3 is 0 Å². The summed E-state index contributed by atoms with van der Waals surface area (Å²) in [5.74, 6) is 2.42. The van der Waals surface area contributed by atoms with E-state index in [-0.39, 0.29) is 6.10 Å². The lowest BCUT2D eigenvalue weighted by atomic mass is 10.1. The standard InChI is InChI=1S/C29H23N5O3/c1-18-26-25(16-35-18)34(28-27(26)32-17-33-29(28)30)20-10-12-21(13-11-20)37-23-8-5-7-22(14-23)36-15-19-6-3-4-9-24(19)31-2/h3-14,17-18H,15-16H2,1H3,(H2,30,32,33). The first-order valence-corrected chi connectivity index (χ1v) is 11.8. The number of hydrogen-bond donors (Lipinski definition) is 1. The summed E-state index contributed by atoms with van der Waals surface area (Å²) >= 11 is 0.